The number of amides is 2. The molecule has 0 rings (SSSR count). The van der Waals surface area contributed by atoms with Gasteiger partial charge in [0.2, 0.25) is 5.91 Å². The molecule has 0 aliphatic carbocycles. The van der Waals surface area contributed by atoms with Gasteiger partial charge in [-0.25, -0.2) is 4.79 Å². The van der Waals surface area contributed by atoms with Crippen molar-refractivity contribution in [2.24, 2.45) is 5.73 Å². The first-order valence-electron chi connectivity index (χ1n) is 3.35. The Bertz CT molecular complexity index is 174. The third kappa shape index (κ3) is 4.84. The van der Waals surface area contributed by atoms with Gasteiger partial charge in [-0.3, -0.25) is 4.79 Å². The van der Waals surface area contributed by atoms with Gasteiger partial charge in [-0.2, -0.15) is 11.8 Å². The highest BCUT2D eigenvalue weighted by Gasteiger charge is 2.16. The van der Waals surface area contributed by atoms with Crippen LogP contribution in [0.1, 0.15) is 6.42 Å². The lowest BCUT2D eigenvalue weighted by Gasteiger charge is -2.11. The molecule has 2 amide bonds. The van der Waals surface area contributed by atoms with Crippen molar-refractivity contribution in [1.29, 1.82) is 0 Å². The molecule has 70 valence electrons. The van der Waals surface area contributed by atoms with Gasteiger partial charge < -0.3 is 16.2 Å². The molecule has 12 heavy (non-hydrogen) atoms. The van der Waals surface area contributed by atoms with Crippen molar-refractivity contribution in [1.82, 2.24) is 5.32 Å². The molecule has 0 bridgehead atoms. The molecule has 1 atom stereocenters. The Hall–Kier alpha value is -0.910. The van der Waals surface area contributed by atoms with Crippen molar-refractivity contribution in [3.8, 4) is 0 Å². The van der Waals surface area contributed by atoms with Crippen LogP contribution in [-0.4, -0.2) is 35.2 Å². The molecule has 0 aromatic rings. The first-order chi connectivity index (χ1) is 5.57. The predicted molar refractivity (Wildman–Crippen MR) is 47.1 cm³/mol. The molecule has 6 heteroatoms. The SMILES string of the molecule is CSCCC(NC(=O)O)C(N)=O. The van der Waals surface area contributed by atoms with Gasteiger partial charge in [-0.1, -0.05) is 0 Å². The number of nitrogens with one attached hydrogen (secondary N) is 1. The second kappa shape index (κ2) is 5.70. The summed E-state index contributed by atoms with van der Waals surface area (Å²) in [5, 5.41) is 10.3. The van der Waals surface area contributed by atoms with E-state index in [1.54, 1.807) is 0 Å². The standard InChI is InChI=1S/C6H12N2O3S/c1-12-3-2-4(5(7)9)8-6(10)11/h4,8H,2-3H2,1H3,(H2,7,9)(H,10,11). The van der Waals surface area contributed by atoms with Crippen LogP contribution in [0.3, 0.4) is 0 Å². The molecule has 0 heterocycles. The molecule has 0 radical (unpaired) electrons. The summed E-state index contributed by atoms with van der Waals surface area (Å²) in [5.41, 5.74) is 4.95. The molecule has 0 aromatic carbocycles. The quantitative estimate of drug-likeness (QED) is 0.565. The lowest BCUT2D eigenvalue weighted by Crippen LogP contribution is -2.44. The van der Waals surface area contributed by atoms with Gasteiger partial charge in [0.15, 0.2) is 0 Å². The zero-order valence-corrected chi connectivity index (χ0v) is 7.56. The summed E-state index contributed by atoms with van der Waals surface area (Å²) in [4.78, 5) is 20.8. The number of thioether (sulfide) groups is 1. The van der Waals surface area contributed by atoms with Crippen molar-refractivity contribution in [3.63, 3.8) is 0 Å². The van der Waals surface area contributed by atoms with Crippen molar-refractivity contribution in [2.45, 2.75) is 12.5 Å². The van der Waals surface area contributed by atoms with Crippen LogP contribution >= 0.6 is 11.8 Å². The summed E-state index contributed by atoms with van der Waals surface area (Å²) in [6.07, 6.45) is 1.08. The first kappa shape index (κ1) is 11.1. The third-order valence-electron chi connectivity index (χ3n) is 1.25. The van der Waals surface area contributed by atoms with E-state index in [0.29, 0.717) is 12.2 Å². The Morgan fingerprint density at radius 1 is 1.67 bits per heavy atom. The van der Waals surface area contributed by atoms with Crippen LogP contribution in [0.25, 0.3) is 0 Å². The molecule has 0 aromatic heterocycles. The summed E-state index contributed by atoms with van der Waals surface area (Å²) in [6.45, 7) is 0. The fourth-order valence-corrected chi connectivity index (χ4v) is 1.14. The first-order valence-corrected chi connectivity index (χ1v) is 4.75. The number of nitrogens with two attached hydrogens (primary N) is 1. The van der Waals surface area contributed by atoms with Gasteiger partial charge in [-0.15, -0.1) is 0 Å². The molecule has 0 saturated heterocycles. The van der Waals surface area contributed by atoms with E-state index in [-0.39, 0.29) is 0 Å². The zero-order chi connectivity index (χ0) is 9.56. The number of primary amides is 1. The van der Waals surface area contributed by atoms with E-state index in [2.05, 4.69) is 0 Å². The monoisotopic (exact) mass is 192 g/mol. The maximum absolute atomic E-state index is 10.6. The summed E-state index contributed by atoms with van der Waals surface area (Å²) in [5.74, 6) is 0.0694. The molecule has 0 aliphatic heterocycles. The summed E-state index contributed by atoms with van der Waals surface area (Å²) in [6, 6.07) is -0.769. The Labute approximate surface area is 74.7 Å². The van der Waals surface area contributed by atoms with E-state index in [0.717, 1.165) is 0 Å². The van der Waals surface area contributed by atoms with Crippen molar-refractivity contribution < 1.29 is 14.7 Å². The summed E-state index contributed by atoms with van der Waals surface area (Å²) < 4.78 is 0. The molecule has 0 aliphatic rings. The second-order valence-corrected chi connectivity index (χ2v) is 3.17. The van der Waals surface area contributed by atoms with E-state index in [1.807, 2.05) is 11.6 Å². The fraction of sp³-hybridized carbons (Fsp3) is 0.667. The highest BCUT2D eigenvalue weighted by molar-refractivity contribution is 7.98. The van der Waals surface area contributed by atoms with Crippen LogP contribution in [0.4, 0.5) is 4.79 Å². The molecular weight excluding hydrogens is 180 g/mol. The van der Waals surface area contributed by atoms with E-state index < -0.39 is 18.0 Å². The maximum Gasteiger partial charge on any atom is 0.405 e. The van der Waals surface area contributed by atoms with Crippen molar-refractivity contribution >= 4 is 23.8 Å². The minimum atomic E-state index is -1.22. The average molecular weight is 192 g/mol. The largest absolute Gasteiger partial charge is 0.465 e. The van der Waals surface area contributed by atoms with Gasteiger partial charge in [-0.05, 0) is 18.4 Å². The Morgan fingerprint density at radius 3 is 2.58 bits per heavy atom. The van der Waals surface area contributed by atoms with Crippen LogP contribution in [0.15, 0.2) is 0 Å². The molecule has 4 N–H and O–H groups in total. The summed E-state index contributed by atoms with van der Waals surface area (Å²) >= 11 is 1.53. The smallest absolute Gasteiger partial charge is 0.405 e. The van der Waals surface area contributed by atoms with E-state index >= 15 is 0 Å². The highest BCUT2D eigenvalue weighted by Crippen LogP contribution is 1.99. The lowest BCUT2D eigenvalue weighted by atomic mass is 10.2. The Morgan fingerprint density at radius 2 is 2.25 bits per heavy atom. The number of hydrogen-bond donors (Lipinski definition) is 3. The molecule has 0 fully saturated rings. The zero-order valence-electron chi connectivity index (χ0n) is 6.74. The Balaban J connectivity index is 3.87. The van der Waals surface area contributed by atoms with Gasteiger partial charge in [0.05, 0.1) is 0 Å². The van der Waals surface area contributed by atoms with Gasteiger partial charge >= 0.3 is 6.09 Å². The van der Waals surface area contributed by atoms with Gasteiger partial charge in [0.25, 0.3) is 0 Å². The fourth-order valence-electron chi connectivity index (χ4n) is 0.670. The maximum atomic E-state index is 10.6. The number of carbonyl (C=O) groups excluding carboxylic acids is 1. The van der Waals surface area contributed by atoms with E-state index in [9.17, 15) is 9.59 Å². The van der Waals surface area contributed by atoms with Crippen molar-refractivity contribution in [2.75, 3.05) is 12.0 Å². The Kier molecular flexibility index (Phi) is 5.27. The number of hydrogen-bond acceptors (Lipinski definition) is 3. The van der Waals surface area contributed by atoms with Crippen LogP contribution < -0.4 is 11.1 Å². The average Bonchev–Trinajstić information content (AvgIpc) is 1.96. The van der Waals surface area contributed by atoms with Gasteiger partial charge in [0.1, 0.15) is 6.04 Å². The van der Waals surface area contributed by atoms with Crippen LogP contribution in [0.5, 0.6) is 0 Å². The molecule has 1 unspecified atom stereocenters. The lowest BCUT2D eigenvalue weighted by molar-refractivity contribution is -0.119. The molecule has 0 saturated carbocycles. The van der Waals surface area contributed by atoms with Crippen LogP contribution in [-0.2, 0) is 4.79 Å². The van der Waals surface area contributed by atoms with Gasteiger partial charge in [0, 0.05) is 0 Å². The normalized spacial score (nSPS) is 12.1. The predicted octanol–water partition coefficient (Wildman–Crippen LogP) is -0.139. The molecule has 5 nitrogen and oxygen atoms in total. The van der Waals surface area contributed by atoms with Crippen LogP contribution in [0, 0.1) is 0 Å². The minimum absolute atomic E-state index is 0.433. The second-order valence-electron chi connectivity index (χ2n) is 2.19. The van der Waals surface area contributed by atoms with Crippen molar-refractivity contribution in [3.05, 3.63) is 0 Å². The number of rotatable bonds is 5. The topological polar surface area (TPSA) is 92.4 Å². The third-order valence-corrected chi connectivity index (χ3v) is 1.90. The van der Waals surface area contributed by atoms with E-state index in [4.69, 9.17) is 10.8 Å². The number of carbonyl (C=O) groups is 2. The highest BCUT2D eigenvalue weighted by atomic mass is 32.2. The van der Waals surface area contributed by atoms with E-state index in [1.165, 1.54) is 11.8 Å². The molecular formula is C6H12N2O3S. The minimum Gasteiger partial charge on any atom is -0.465 e. The summed E-state index contributed by atoms with van der Waals surface area (Å²) in [7, 11) is 0. The molecule has 0 spiro atoms. The van der Waals surface area contributed by atoms with Crippen LogP contribution in [0.2, 0.25) is 0 Å². The number of carboxylic acid groups (broad SMARTS) is 1.